The summed E-state index contributed by atoms with van der Waals surface area (Å²) in [4.78, 5) is 36.2. The van der Waals surface area contributed by atoms with Gasteiger partial charge in [-0.1, -0.05) is 6.92 Å². The number of aromatic nitrogens is 1. The van der Waals surface area contributed by atoms with E-state index in [9.17, 15) is 14.4 Å². The van der Waals surface area contributed by atoms with E-state index in [1.165, 1.54) is 4.57 Å². The average Bonchev–Trinajstić information content (AvgIpc) is 2.61. The van der Waals surface area contributed by atoms with Gasteiger partial charge in [0.25, 0.3) is 11.5 Å². The summed E-state index contributed by atoms with van der Waals surface area (Å²) in [6, 6.07) is 8.05. The Morgan fingerprint density at radius 2 is 2.16 bits per heavy atom. The van der Waals surface area contributed by atoms with Gasteiger partial charge in [-0.3, -0.25) is 14.4 Å². The van der Waals surface area contributed by atoms with E-state index >= 15 is 0 Å². The van der Waals surface area contributed by atoms with Crippen molar-refractivity contribution in [2.75, 3.05) is 18.5 Å². The number of nitrogens with one attached hydrogen (secondary N) is 1. The molecule has 1 aliphatic heterocycles. The third-order valence-electron chi connectivity index (χ3n) is 3.70. The summed E-state index contributed by atoms with van der Waals surface area (Å²) in [7, 11) is 0. The van der Waals surface area contributed by atoms with Crippen LogP contribution in [0.15, 0.2) is 41.3 Å². The van der Waals surface area contributed by atoms with Crippen molar-refractivity contribution in [2.24, 2.45) is 0 Å². The molecule has 7 nitrogen and oxygen atoms in total. The van der Waals surface area contributed by atoms with Gasteiger partial charge in [-0.2, -0.15) is 0 Å². The maximum absolute atomic E-state index is 12.5. The minimum Gasteiger partial charge on any atom is -0.488 e. The van der Waals surface area contributed by atoms with Crippen LogP contribution >= 0.6 is 0 Å². The van der Waals surface area contributed by atoms with Crippen LogP contribution in [0.4, 0.5) is 5.69 Å². The van der Waals surface area contributed by atoms with E-state index in [4.69, 9.17) is 9.47 Å². The van der Waals surface area contributed by atoms with Crippen molar-refractivity contribution < 1.29 is 19.1 Å². The van der Waals surface area contributed by atoms with Crippen LogP contribution in [-0.2, 0) is 11.3 Å². The van der Waals surface area contributed by atoms with Crippen LogP contribution in [0.5, 0.6) is 11.5 Å². The fraction of sp³-hybridized carbons (Fsp3) is 0.278. The van der Waals surface area contributed by atoms with Crippen molar-refractivity contribution >= 4 is 17.4 Å². The zero-order valence-corrected chi connectivity index (χ0v) is 13.8. The molecule has 0 unspecified atom stereocenters. The van der Waals surface area contributed by atoms with E-state index < -0.39 is 0 Å². The minimum atomic E-state index is -0.348. The van der Waals surface area contributed by atoms with Crippen LogP contribution in [0.3, 0.4) is 0 Å². The first-order valence-corrected chi connectivity index (χ1v) is 8.00. The fourth-order valence-corrected chi connectivity index (χ4v) is 2.46. The Balaban J connectivity index is 1.80. The molecule has 130 valence electrons. The third-order valence-corrected chi connectivity index (χ3v) is 3.70. The molecule has 0 aliphatic carbocycles. The van der Waals surface area contributed by atoms with Gasteiger partial charge < -0.3 is 19.4 Å². The molecule has 1 aromatic carbocycles. The van der Waals surface area contributed by atoms with Gasteiger partial charge in [-0.05, 0) is 36.8 Å². The molecule has 0 spiro atoms. The van der Waals surface area contributed by atoms with Crippen molar-refractivity contribution in [3.05, 3.63) is 52.4 Å². The molecular weight excluding hydrogens is 324 g/mol. The fourth-order valence-electron chi connectivity index (χ4n) is 2.46. The SMILES string of the molecule is CCCOc1cccn(CC(=O)c2ccc3c(c2)NC(=O)CO3)c1=O. The van der Waals surface area contributed by atoms with Gasteiger partial charge in [0, 0.05) is 11.8 Å². The van der Waals surface area contributed by atoms with Crippen LogP contribution in [0, 0.1) is 0 Å². The number of ketones is 1. The third kappa shape index (κ3) is 3.71. The molecule has 0 radical (unpaired) electrons. The first kappa shape index (κ1) is 16.8. The number of carbonyl (C=O) groups is 2. The Morgan fingerprint density at radius 3 is 2.96 bits per heavy atom. The molecule has 1 aromatic heterocycles. The first-order chi connectivity index (χ1) is 12.1. The van der Waals surface area contributed by atoms with Crippen molar-refractivity contribution in [3.8, 4) is 11.5 Å². The smallest absolute Gasteiger partial charge is 0.293 e. The Bertz CT molecular complexity index is 872. The van der Waals surface area contributed by atoms with Gasteiger partial charge in [-0.25, -0.2) is 0 Å². The zero-order chi connectivity index (χ0) is 17.8. The maximum atomic E-state index is 12.5. The molecule has 3 rings (SSSR count). The van der Waals surface area contributed by atoms with Gasteiger partial charge in [0.05, 0.1) is 18.8 Å². The number of pyridine rings is 1. The molecule has 0 atom stereocenters. The second-order valence-electron chi connectivity index (χ2n) is 5.62. The van der Waals surface area contributed by atoms with Crippen LogP contribution in [0.1, 0.15) is 23.7 Å². The summed E-state index contributed by atoms with van der Waals surface area (Å²) >= 11 is 0. The highest BCUT2D eigenvalue weighted by atomic mass is 16.5. The Kier molecular flexibility index (Phi) is 4.83. The van der Waals surface area contributed by atoms with Gasteiger partial charge in [0.2, 0.25) is 0 Å². The van der Waals surface area contributed by atoms with Crippen molar-refractivity contribution in [1.29, 1.82) is 0 Å². The van der Waals surface area contributed by atoms with Crippen LogP contribution in [0.2, 0.25) is 0 Å². The van der Waals surface area contributed by atoms with E-state index in [0.717, 1.165) is 6.42 Å². The summed E-state index contributed by atoms with van der Waals surface area (Å²) < 4.78 is 12.0. The summed E-state index contributed by atoms with van der Waals surface area (Å²) in [5.74, 6) is 0.220. The summed E-state index contributed by atoms with van der Waals surface area (Å²) in [6.45, 7) is 2.23. The minimum absolute atomic E-state index is 0.0414. The predicted octanol–water partition coefficient (Wildman–Crippen LogP) is 1.85. The maximum Gasteiger partial charge on any atom is 0.293 e. The predicted molar refractivity (Wildman–Crippen MR) is 91.4 cm³/mol. The molecule has 0 saturated heterocycles. The normalized spacial score (nSPS) is 12.8. The molecular formula is C18H18N2O5. The summed E-state index contributed by atoms with van der Waals surface area (Å²) in [5, 5.41) is 2.66. The number of fused-ring (bicyclic) bond motifs is 1. The molecule has 1 aliphatic rings. The monoisotopic (exact) mass is 342 g/mol. The van der Waals surface area contributed by atoms with E-state index in [1.54, 1.807) is 36.5 Å². The second-order valence-corrected chi connectivity index (χ2v) is 5.62. The standard InChI is InChI=1S/C18H18N2O5/c1-2-8-24-16-4-3-7-20(18(16)23)10-14(21)12-5-6-15-13(9-12)19-17(22)11-25-15/h3-7,9H,2,8,10-11H2,1H3,(H,19,22). The highest BCUT2D eigenvalue weighted by Crippen LogP contribution is 2.28. The first-order valence-electron chi connectivity index (χ1n) is 8.00. The van der Waals surface area contributed by atoms with Gasteiger partial charge in [-0.15, -0.1) is 0 Å². The lowest BCUT2D eigenvalue weighted by molar-refractivity contribution is -0.118. The zero-order valence-electron chi connectivity index (χ0n) is 13.8. The van der Waals surface area contributed by atoms with Crippen molar-refractivity contribution in [2.45, 2.75) is 19.9 Å². The molecule has 2 heterocycles. The number of ether oxygens (including phenoxy) is 2. The van der Waals surface area contributed by atoms with Crippen molar-refractivity contribution in [1.82, 2.24) is 4.57 Å². The largest absolute Gasteiger partial charge is 0.488 e. The van der Waals surface area contributed by atoms with E-state index in [2.05, 4.69) is 5.32 Å². The molecule has 0 bridgehead atoms. The number of nitrogens with zero attached hydrogens (tertiary/aromatic N) is 1. The summed E-state index contributed by atoms with van der Waals surface area (Å²) in [5.41, 5.74) is 0.490. The number of amides is 1. The quantitative estimate of drug-likeness (QED) is 0.810. The Hall–Kier alpha value is -3.09. The van der Waals surface area contributed by atoms with E-state index in [1.807, 2.05) is 6.92 Å². The molecule has 1 N–H and O–H groups in total. The molecule has 0 saturated carbocycles. The average molecular weight is 342 g/mol. The highest BCUT2D eigenvalue weighted by molar-refractivity contribution is 6.00. The van der Waals surface area contributed by atoms with Gasteiger partial charge >= 0.3 is 0 Å². The van der Waals surface area contributed by atoms with Gasteiger partial charge in [0.1, 0.15) is 5.75 Å². The van der Waals surface area contributed by atoms with Crippen LogP contribution in [0.25, 0.3) is 0 Å². The lowest BCUT2D eigenvalue weighted by Gasteiger charge is -2.18. The molecule has 0 fully saturated rings. The lowest BCUT2D eigenvalue weighted by atomic mass is 10.1. The number of benzene rings is 1. The number of Topliss-reactive ketones (excluding diaryl/α,β-unsaturated/α-hetero) is 1. The number of anilines is 1. The topological polar surface area (TPSA) is 86.6 Å². The Labute approximate surface area is 144 Å². The molecule has 25 heavy (non-hydrogen) atoms. The highest BCUT2D eigenvalue weighted by Gasteiger charge is 2.18. The number of rotatable bonds is 6. The molecule has 1 amide bonds. The number of hydrogen-bond acceptors (Lipinski definition) is 5. The summed E-state index contributed by atoms with van der Waals surface area (Å²) in [6.07, 6.45) is 2.33. The molecule has 2 aromatic rings. The van der Waals surface area contributed by atoms with E-state index in [0.29, 0.717) is 23.6 Å². The number of hydrogen-bond donors (Lipinski definition) is 1. The Morgan fingerprint density at radius 1 is 1.32 bits per heavy atom. The van der Waals surface area contributed by atoms with Crippen LogP contribution < -0.4 is 20.3 Å². The lowest BCUT2D eigenvalue weighted by Crippen LogP contribution is -2.26. The number of carbonyl (C=O) groups excluding carboxylic acids is 2. The van der Waals surface area contributed by atoms with E-state index in [-0.39, 0.29) is 36.2 Å². The second kappa shape index (κ2) is 7.21. The van der Waals surface area contributed by atoms with Crippen LogP contribution in [-0.4, -0.2) is 29.5 Å². The molecule has 7 heteroatoms. The van der Waals surface area contributed by atoms with Gasteiger partial charge in [0.15, 0.2) is 18.1 Å². The van der Waals surface area contributed by atoms with Crippen molar-refractivity contribution in [3.63, 3.8) is 0 Å².